The van der Waals surface area contributed by atoms with E-state index in [1.54, 1.807) is 19.1 Å². The molecule has 20 heavy (non-hydrogen) atoms. The zero-order valence-electron chi connectivity index (χ0n) is 12.1. The largest absolute Gasteiger partial charge is 0.240 e. The highest BCUT2D eigenvalue weighted by Gasteiger charge is 2.37. The smallest absolute Gasteiger partial charge is 0.208 e. The monoisotopic (exact) mass is 292 g/mol. The molecule has 0 heterocycles. The first-order valence-corrected chi connectivity index (χ1v) is 8.28. The van der Waals surface area contributed by atoms with E-state index in [-0.39, 0.29) is 16.4 Å². The van der Waals surface area contributed by atoms with Crippen molar-refractivity contribution in [1.29, 1.82) is 5.26 Å². The van der Waals surface area contributed by atoms with Crippen LogP contribution >= 0.6 is 0 Å². The van der Waals surface area contributed by atoms with Crippen LogP contribution in [0, 0.1) is 23.7 Å². The molecule has 0 bridgehead atoms. The van der Waals surface area contributed by atoms with E-state index in [9.17, 15) is 8.42 Å². The third-order valence-corrected chi connectivity index (χ3v) is 5.65. The molecular formula is C15H20N2O2S. The van der Waals surface area contributed by atoms with Crippen molar-refractivity contribution in [2.24, 2.45) is 5.41 Å². The van der Waals surface area contributed by atoms with Gasteiger partial charge in [0.1, 0.15) is 0 Å². The fourth-order valence-corrected chi connectivity index (χ4v) is 4.26. The Kier molecular flexibility index (Phi) is 3.90. The van der Waals surface area contributed by atoms with E-state index in [0.29, 0.717) is 11.1 Å². The molecule has 0 radical (unpaired) electrons. The van der Waals surface area contributed by atoms with Crippen molar-refractivity contribution in [1.82, 2.24) is 4.72 Å². The molecule has 0 aromatic heterocycles. The highest BCUT2D eigenvalue weighted by Crippen LogP contribution is 2.37. The van der Waals surface area contributed by atoms with E-state index in [2.05, 4.69) is 18.6 Å². The first-order chi connectivity index (χ1) is 9.26. The number of nitrogens with one attached hydrogen (secondary N) is 1. The van der Waals surface area contributed by atoms with E-state index in [4.69, 9.17) is 5.26 Å². The molecular weight excluding hydrogens is 272 g/mol. The van der Waals surface area contributed by atoms with Gasteiger partial charge in [0.25, 0.3) is 0 Å². The molecule has 1 saturated carbocycles. The van der Waals surface area contributed by atoms with Crippen molar-refractivity contribution < 1.29 is 8.42 Å². The van der Waals surface area contributed by atoms with Crippen LogP contribution in [0.4, 0.5) is 0 Å². The summed E-state index contributed by atoms with van der Waals surface area (Å²) in [6, 6.07) is 6.63. The Morgan fingerprint density at radius 3 is 2.60 bits per heavy atom. The zero-order valence-corrected chi connectivity index (χ0v) is 12.9. The summed E-state index contributed by atoms with van der Waals surface area (Å²) in [6.07, 6.45) is 2.96. The molecule has 1 atom stereocenters. The Hall–Kier alpha value is -1.38. The average molecular weight is 292 g/mol. The Morgan fingerprint density at radius 2 is 2.10 bits per heavy atom. The lowest BCUT2D eigenvalue weighted by molar-refractivity contribution is 0.313. The van der Waals surface area contributed by atoms with Crippen molar-refractivity contribution >= 4 is 10.0 Å². The van der Waals surface area contributed by atoms with Gasteiger partial charge in [0.2, 0.25) is 10.0 Å². The Balaban J connectivity index is 2.27. The maximum Gasteiger partial charge on any atom is 0.240 e. The number of nitriles is 1. The van der Waals surface area contributed by atoms with Gasteiger partial charge in [-0.15, -0.1) is 0 Å². The van der Waals surface area contributed by atoms with E-state index >= 15 is 0 Å². The van der Waals surface area contributed by atoms with Crippen LogP contribution in [0.2, 0.25) is 0 Å². The van der Waals surface area contributed by atoms with Crippen molar-refractivity contribution in [3.05, 3.63) is 29.3 Å². The van der Waals surface area contributed by atoms with Gasteiger partial charge in [-0.05, 0) is 48.9 Å². The number of rotatable bonds is 3. The van der Waals surface area contributed by atoms with E-state index in [0.717, 1.165) is 19.3 Å². The van der Waals surface area contributed by atoms with Gasteiger partial charge in [0.15, 0.2) is 0 Å². The predicted octanol–water partition coefficient (Wildman–Crippen LogP) is 2.72. The van der Waals surface area contributed by atoms with Gasteiger partial charge in [-0.3, -0.25) is 0 Å². The topological polar surface area (TPSA) is 70.0 Å². The van der Waals surface area contributed by atoms with Gasteiger partial charge in [0.05, 0.1) is 16.5 Å². The molecule has 2 rings (SSSR count). The molecule has 1 aliphatic carbocycles. The summed E-state index contributed by atoms with van der Waals surface area (Å²) in [5.74, 6) is 0. The van der Waals surface area contributed by atoms with Gasteiger partial charge >= 0.3 is 0 Å². The van der Waals surface area contributed by atoms with Gasteiger partial charge in [0, 0.05) is 6.04 Å². The van der Waals surface area contributed by atoms with Crippen LogP contribution in [0.5, 0.6) is 0 Å². The fraction of sp³-hybridized carbons (Fsp3) is 0.533. The number of hydrogen-bond acceptors (Lipinski definition) is 3. The molecule has 1 aromatic carbocycles. The summed E-state index contributed by atoms with van der Waals surface area (Å²) in [5, 5.41) is 8.90. The fourth-order valence-electron chi connectivity index (χ4n) is 2.73. The van der Waals surface area contributed by atoms with Crippen LogP contribution in [0.3, 0.4) is 0 Å². The second kappa shape index (κ2) is 5.19. The standard InChI is InChI=1S/C15H20N2O2S/c1-11-9-13(7-6-12(11)10-16)20(18,19)17-14-5-4-8-15(14,2)3/h6-7,9,14,17H,4-5,8H2,1-3H3. The summed E-state index contributed by atoms with van der Waals surface area (Å²) in [4.78, 5) is 0.233. The predicted molar refractivity (Wildman–Crippen MR) is 77.6 cm³/mol. The first-order valence-electron chi connectivity index (χ1n) is 6.79. The SMILES string of the molecule is Cc1cc(S(=O)(=O)NC2CCCC2(C)C)ccc1C#N. The summed E-state index contributed by atoms with van der Waals surface area (Å²) in [6.45, 7) is 5.94. The molecule has 0 spiro atoms. The Morgan fingerprint density at radius 1 is 1.40 bits per heavy atom. The molecule has 5 heteroatoms. The third-order valence-electron chi connectivity index (χ3n) is 4.18. The minimum atomic E-state index is -3.52. The second-order valence-electron chi connectivity index (χ2n) is 6.14. The molecule has 0 saturated heterocycles. The highest BCUT2D eigenvalue weighted by atomic mass is 32.2. The summed E-state index contributed by atoms with van der Waals surface area (Å²) < 4.78 is 27.7. The van der Waals surface area contributed by atoms with Crippen molar-refractivity contribution in [2.75, 3.05) is 0 Å². The zero-order chi connectivity index (χ0) is 15.0. The maximum absolute atomic E-state index is 12.4. The molecule has 1 aromatic rings. The van der Waals surface area contributed by atoms with E-state index < -0.39 is 10.0 Å². The average Bonchev–Trinajstić information content (AvgIpc) is 2.68. The Bertz CT molecular complexity index is 657. The first kappa shape index (κ1) is 15.0. The summed E-state index contributed by atoms with van der Waals surface area (Å²) in [5.41, 5.74) is 1.18. The van der Waals surface area contributed by atoms with Crippen molar-refractivity contribution in [2.45, 2.75) is 51.0 Å². The minimum absolute atomic E-state index is 0.00525. The lowest BCUT2D eigenvalue weighted by Gasteiger charge is -2.27. The summed E-state index contributed by atoms with van der Waals surface area (Å²) in [7, 11) is -3.52. The normalized spacial score (nSPS) is 21.6. The van der Waals surface area contributed by atoms with Crippen LogP contribution in [0.15, 0.2) is 23.1 Å². The van der Waals surface area contributed by atoms with E-state index in [1.165, 1.54) is 6.07 Å². The quantitative estimate of drug-likeness (QED) is 0.931. The van der Waals surface area contributed by atoms with Crippen LogP contribution in [0.1, 0.15) is 44.2 Å². The van der Waals surface area contributed by atoms with Gasteiger partial charge in [-0.2, -0.15) is 5.26 Å². The lowest BCUT2D eigenvalue weighted by atomic mass is 9.88. The van der Waals surface area contributed by atoms with Crippen LogP contribution < -0.4 is 4.72 Å². The molecule has 0 amide bonds. The number of aryl methyl sites for hydroxylation is 1. The highest BCUT2D eigenvalue weighted by molar-refractivity contribution is 7.89. The van der Waals surface area contributed by atoms with E-state index in [1.807, 2.05) is 6.07 Å². The van der Waals surface area contributed by atoms with Gasteiger partial charge in [-0.1, -0.05) is 20.3 Å². The molecule has 108 valence electrons. The summed E-state index contributed by atoms with van der Waals surface area (Å²) >= 11 is 0. The molecule has 4 nitrogen and oxygen atoms in total. The minimum Gasteiger partial charge on any atom is -0.208 e. The second-order valence-corrected chi connectivity index (χ2v) is 7.86. The molecule has 1 N–H and O–H groups in total. The maximum atomic E-state index is 12.4. The van der Waals surface area contributed by atoms with Crippen molar-refractivity contribution in [3.63, 3.8) is 0 Å². The number of nitrogens with zero attached hydrogens (tertiary/aromatic N) is 1. The van der Waals surface area contributed by atoms with Crippen molar-refractivity contribution in [3.8, 4) is 6.07 Å². The molecule has 1 unspecified atom stereocenters. The molecule has 1 aliphatic rings. The van der Waals surface area contributed by atoms with Gasteiger partial charge < -0.3 is 0 Å². The molecule has 1 fully saturated rings. The van der Waals surface area contributed by atoms with Crippen LogP contribution in [0.25, 0.3) is 0 Å². The van der Waals surface area contributed by atoms with Gasteiger partial charge in [-0.25, -0.2) is 13.1 Å². The number of sulfonamides is 1. The van der Waals surface area contributed by atoms with Crippen LogP contribution in [-0.2, 0) is 10.0 Å². The number of benzene rings is 1. The number of hydrogen-bond donors (Lipinski definition) is 1. The molecule has 0 aliphatic heterocycles. The lowest BCUT2D eigenvalue weighted by Crippen LogP contribution is -2.41. The van der Waals surface area contributed by atoms with Crippen LogP contribution in [-0.4, -0.2) is 14.5 Å². The Labute approximate surface area is 120 Å². The third kappa shape index (κ3) is 2.87.